The fourth-order valence-electron chi connectivity index (χ4n) is 2.13. The van der Waals surface area contributed by atoms with Crippen LogP contribution in [0.3, 0.4) is 0 Å². The molecular weight excluding hydrogens is 289 g/mol. The molecule has 1 aliphatic rings. The fraction of sp³-hybridized carbons (Fsp3) is 0.333. The third kappa shape index (κ3) is 2.47. The van der Waals surface area contributed by atoms with Crippen molar-refractivity contribution in [2.24, 2.45) is 0 Å². The Hall–Kier alpha value is -1.14. The van der Waals surface area contributed by atoms with E-state index in [2.05, 4.69) is 15.2 Å². The van der Waals surface area contributed by atoms with E-state index in [1.807, 2.05) is 6.07 Å². The topological polar surface area (TPSA) is 60.0 Å². The molecular formula is C12H11Cl2N3O2. The van der Waals surface area contributed by atoms with E-state index in [1.54, 1.807) is 12.1 Å². The number of rotatable bonds is 3. The third-order valence-corrected chi connectivity index (χ3v) is 3.50. The zero-order chi connectivity index (χ0) is 13.3. The van der Waals surface area contributed by atoms with E-state index in [9.17, 15) is 0 Å². The first-order valence-corrected chi connectivity index (χ1v) is 6.53. The molecule has 1 fully saturated rings. The molecule has 0 bridgehead atoms. The quantitative estimate of drug-likeness (QED) is 0.946. The second-order valence-electron chi connectivity index (χ2n) is 4.17. The molecule has 0 amide bonds. The van der Waals surface area contributed by atoms with Crippen molar-refractivity contribution in [1.29, 1.82) is 0 Å². The van der Waals surface area contributed by atoms with E-state index in [4.69, 9.17) is 32.7 Å². The van der Waals surface area contributed by atoms with Gasteiger partial charge in [-0.2, -0.15) is 5.10 Å². The van der Waals surface area contributed by atoms with E-state index in [0.717, 1.165) is 5.56 Å². The highest BCUT2D eigenvalue weighted by atomic mass is 35.5. The van der Waals surface area contributed by atoms with E-state index < -0.39 is 5.79 Å². The molecule has 1 aromatic heterocycles. The van der Waals surface area contributed by atoms with Gasteiger partial charge in [-0.3, -0.25) is 5.10 Å². The maximum atomic E-state index is 6.25. The Morgan fingerprint density at radius 3 is 2.68 bits per heavy atom. The Morgan fingerprint density at radius 2 is 2.05 bits per heavy atom. The first kappa shape index (κ1) is 12.9. The molecule has 1 aliphatic heterocycles. The Labute approximate surface area is 119 Å². The van der Waals surface area contributed by atoms with Crippen LogP contribution in [0.5, 0.6) is 0 Å². The summed E-state index contributed by atoms with van der Waals surface area (Å²) in [7, 11) is 0. The van der Waals surface area contributed by atoms with Gasteiger partial charge in [-0.25, -0.2) is 4.98 Å². The number of benzene rings is 1. The summed E-state index contributed by atoms with van der Waals surface area (Å²) in [4.78, 5) is 4.10. The standard InChI is InChI=1S/C12H11Cl2N3O2/c13-8-1-2-9(10(14)5-8)12(18-3-4-19-12)6-11-15-7-16-17-11/h1-2,5,7H,3-4,6H2,(H,15,16,17). The van der Waals surface area contributed by atoms with Gasteiger partial charge in [0.05, 0.1) is 24.7 Å². The van der Waals surface area contributed by atoms with Crippen LogP contribution >= 0.6 is 23.2 Å². The smallest absolute Gasteiger partial charge is 0.203 e. The number of hydrogen-bond acceptors (Lipinski definition) is 4. The van der Waals surface area contributed by atoms with E-state index in [-0.39, 0.29) is 0 Å². The normalized spacial score (nSPS) is 17.8. The van der Waals surface area contributed by atoms with Gasteiger partial charge < -0.3 is 9.47 Å². The highest BCUT2D eigenvalue weighted by Crippen LogP contribution is 2.39. The first-order chi connectivity index (χ1) is 9.20. The maximum Gasteiger partial charge on any atom is 0.203 e. The minimum atomic E-state index is -0.941. The van der Waals surface area contributed by atoms with Crippen molar-refractivity contribution < 1.29 is 9.47 Å². The average molecular weight is 300 g/mol. The number of nitrogens with zero attached hydrogens (tertiary/aromatic N) is 2. The zero-order valence-electron chi connectivity index (χ0n) is 9.90. The molecule has 19 heavy (non-hydrogen) atoms. The molecule has 100 valence electrons. The van der Waals surface area contributed by atoms with Crippen molar-refractivity contribution in [2.75, 3.05) is 13.2 Å². The molecule has 2 heterocycles. The van der Waals surface area contributed by atoms with Crippen LogP contribution in [0.1, 0.15) is 11.4 Å². The van der Waals surface area contributed by atoms with Crippen molar-refractivity contribution in [3.05, 3.63) is 46.0 Å². The summed E-state index contributed by atoms with van der Waals surface area (Å²) in [6.45, 7) is 1.01. The number of ether oxygens (including phenoxy) is 2. The lowest BCUT2D eigenvalue weighted by atomic mass is 10.0. The molecule has 1 N–H and O–H groups in total. The van der Waals surface area contributed by atoms with Gasteiger partial charge in [-0.1, -0.05) is 29.3 Å². The lowest BCUT2D eigenvalue weighted by molar-refractivity contribution is -0.165. The predicted molar refractivity (Wildman–Crippen MR) is 70.1 cm³/mol. The van der Waals surface area contributed by atoms with Gasteiger partial charge in [0.15, 0.2) is 5.82 Å². The predicted octanol–water partition coefficient (Wildman–Crippen LogP) is 2.55. The molecule has 0 unspecified atom stereocenters. The molecule has 0 radical (unpaired) electrons. The Kier molecular flexibility index (Phi) is 3.45. The molecule has 2 aromatic rings. The summed E-state index contributed by atoms with van der Waals surface area (Å²) < 4.78 is 11.6. The van der Waals surface area contributed by atoms with Gasteiger partial charge in [-0.15, -0.1) is 0 Å². The minimum absolute atomic E-state index is 0.387. The fourth-order valence-corrected chi connectivity index (χ4v) is 2.69. The maximum absolute atomic E-state index is 6.25. The van der Waals surface area contributed by atoms with Gasteiger partial charge in [-0.05, 0) is 12.1 Å². The summed E-state index contributed by atoms with van der Waals surface area (Å²) in [5.41, 5.74) is 0.737. The number of aromatic amines is 1. The van der Waals surface area contributed by atoms with Crippen molar-refractivity contribution in [1.82, 2.24) is 15.2 Å². The number of aromatic nitrogens is 3. The summed E-state index contributed by atoms with van der Waals surface area (Å²) in [6.07, 6.45) is 1.90. The second kappa shape index (κ2) is 5.09. The van der Waals surface area contributed by atoms with Gasteiger partial charge in [0, 0.05) is 10.6 Å². The highest BCUT2D eigenvalue weighted by Gasteiger charge is 2.41. The van der Waals surface area contributed by atoms with Crippen LogP contribution in [0, 0.1) is 0 Å². The van der Waals surface area contributed by atoms with Crippen LogP contribution in [0.15, 0.2) is 24.5 Å². The molecule has 0 atom stereocenters. The van der Waals surface area contributed by atoms with Crippen molar-refractivity contribution in [3.63, 3.8) is 0 Å². The van der Waals surface area contributed by atoms with Crippen LogP contribution in [0.25, 0.3) is 0 Å². The molecule has 7 heteroatoms. The lowest BCUT2D eigenvalue weighted by Gasteiger charge is -2.27. The summed E-state index contributed by atoms with van der Waals surface area (Å²) in [5.74, 6) is -0.336. The SMILES string of the molecule is Clc1ccc(C2(Cc3nc[nH]n3)OCCO2)c(Cl)c1. The van der Waals surface area contributed by atoms with Crippen LogP contribution in [0.4, 0.5) is 0 Å². The molecule has 0 spiro atoms. The van der Waals surface area contributed by atoms with E-state index in [1.165, 1.54) is 6.33 Å². The highest BCUT2D eigenvalue weighted by molar-refractivity contribution is 6.35. The van der Waals surface area contributed by atoms with Crippen molar-refractivity contribution >= 4 is 23.2 Å². The molecule has 3 rings (SSSR count). The summed E-state index contributed by atoms with van der Waals surface area (Å²) >= 11 is 12.2. The molecule has 1 saturated heterocycles. The van der Waals surface area contributed by atoms with Gasteiger partial charge in [0.25, 0.3) is 0 Å². The third-order valence-electron chi connectivity index (χ3n) is 2.95. The monoisotopic (exact) mass is 299 g/mol. The Balaban J connectivity index is 2.00. The number of nitrogens with one attached hydrogen (secondary N) is 1. The van der Waals surface area contributed by atoms with Crippen LogP contribution in [0.2, 0.25) is 10.0 Å². The molecule has 1 aromatic carbocycles. The molecule has 5 nitrogen and oxygen atoms in total. The second-order valence-corrected chi connectivity index (χ2v) is 5.01. The van der Waals surface area contributed by atoms with Crippen molar-refractivity contribution in [3.8, 4) is 0 Å². The Bertz CT molecular complexity index is 568. The van der Waals surface area contributed by atoms with Gasteiger partial charge in [0.2, 0.25) is 5.79 Å². The number of H-pyrrole nitrogens is 1. The number of hydrogen-bond donors (Lipinski definition) is 1. The van der Waals surface area contributed by atoms with Gasteiger partial charge >= 0.3 is 0 Å². The largest absolute Gasteiger partial charge is 0.343 e. The minimum Gasteiger partial charge on any atom is -0.343 e. The van der Waals surface area contributed by atoms with Crippen LogP contribution in [-0.2, 0) is 21.7 Å². The van der Waals surface area contributed by atoms with E-state index in [0.29, 0.717) is 35.5 Å². The Morgan fingerprint density at radius 1 is 1.26 bits per heavy atom. The van der Waals surface area contributed by atoms with Crippen LogP contribution < -0.4 is 0 Å². The number of halogens is 2. The first-order valence-electron chi connectivity index (χ1n) is 5.78. The zero-order valence-corrected chi connectivity index (χ0v) is 11.4. The molecule has 0 aliphatic carbocycles. The lowest BCUT2D eigenvalue weighted by Crippen LogP contribution is -2.31. The molecule has 0 saturated carbocycles. The average Bonchev–Trinajstić information content (AvgIpc) is 3.02. The van der Waals surface area contributed by atoms with E-state index >= 15 is 0 Å². The van der Waals surface area contributed by atoms with Gasteiger partial charge in [0.1, 0.15) is 6.33 Å². The summed E-state index contributed by atoms with van der Waals surface area (Å²) in [6, 6.07) is 5.24. The summed E-state index contributed by atoms with van der Waals surface area (Å²) in [5, 5.41) is 7.78. The van der Waals surface area contributed by atoms with Crippen LogP contribution in [-0.4, -0.2) is 28.4 Å². The van der Waals surface area contributed by atoms with Crippen molar-refractivity contribution in [2.45, 2.75) is 12.2 Å².